The number of anilines is 6. The third-order valence-electron chi connectivity index (χ3n) is 14.5. The summed E-state index contributed by atoms with van der Waals surface area (Å²) in [4.78, 5) is 41.1. The average molecular weight is 1210 g/mol. The van der Waals surface area contributed by atoms with Crippen LogP contribution in [0.25, 0.3) is 33.4 Å². The minimum Gasteiger partial charge on any atom is -0.454 e. The molecule has 9 heterocycles. The van der Waals surface area contributed by atoms with Crippen LogP contribution in [0.1, 0.15) is 111 Å². The first kappa shape index (κ1) is 61.6. The van der Waals surface area contributed by atoms with Crippen molar-refractivity contribution in [1.29, 1.82) is 0 Å². The highest BCUT2D eigenvalue weighted by molar-refractivity contribution is 5.78. The normalized spacial score (nSPS) is 13.3. The van der Waals surface area contributed by atoms with E-state index in [1.807, 2.05) is 84.9 Å². The Balaban J connectivity index is 0.000000149. The van der Waals surface area contributed by atoms with Crippen molar-refractivity contribution in [1.82, 2.24) is 49.8 Å². The van der Waals surface area contributed by atoms with Gasteiger partial charge in [-0.05, 0) is 135 Å². The van der Waals surface area contributed by atoms with Gasteiger partial charge in [0.25, 0.3) is 0 Å². The van der Waals surface area contributed by atoms with Crippen molar-refractivity contribution in [3.8, 4) is 103 Å². The molecule has 6 aromatic heterocycles. The molecular formula is C66H64N16O8. The predicted octanol–water partition coefficient (Wildman–Crippen LogP) is 7.66. The molecule has 3 aliphatic heterocycles. The molecule has 0 bridgehead atoms. The third kappa shape index (κ3) is 13.7. The Labute approximate surface area is 518 Å². The average Bonchev–Trinajstić information content (AvgIpc) is 1.62. The summed E-state index contributed by atoms with van der Waals surface area (Å²) in [5.41, 5.74) is 46.4. The fraction of sp³-hybridized carbons (Fsp3) is 0.242. The van der Waals surface area contributed by atoms with Gasteiger partial charge < -0.3 is 62.8 Å². The Morgan fingerprint density at radius 2 is 0.922 bits per heavy atom. The SMILES string of the molecule is CCc1nc(N)nc(N)c1C#CC(C)(C)c1cc2c(c(-c3cncnc3)c1)OCO2.CCc1nc(N)nc(N)c1C#CC(C)c1cc2c(c(-c3ccncc3)c1)OC(O)(O)O2.CCc1nc(N)nc(N)c1C#CC(C)c1cc2c(c(-c3ccncc3)c1)OCO2. The Morgan fingerprint density at radius 1 is 0.500 bits per heavy atom. The lowest BCUT2D eigenvalue weighted by atomic mass is 9.83. The molecule has 0 amide bonds. The lowest BCUT2D eigenvalue weighted by Gasteiger charge is -2.20. The molecule has 2 unspecified atom stereocenters. The number of aromatic nitrogens is 10. The van der Waals surface area contributed by atoms with Gasteiger partial charge in [0.15, 0.2) is 34.5 Å². The highest BCUT2D eigenvalue weighted by Crippen LogP contribution is 2.48. The van der Waals surface area contributed by atoms with Crippen LogP contribution in [0.5, 0.6) is 34.5 Å². The molecule has 0 radical (unpaired) electrons. The molecular weight excluding hydrogens is 1140 g/mol. The molecule has 9 aromatic rings. The summed E-state index contributed by atoms with van der Waals surface area (Å²) in [7, 11) is 0. The van der Waals surface area contributed by atoms with E-state index in [2.05, 4.69) is 91.4 Å². The Morgan fingerprint density at radius 3 is 1.39 bits per heavy atom. The summed E-state index contributed by atoms with van der Waals surface area (Å²) in [6.07, 6.45) is 11.0. The fourth-order valence-corrected chi connectivity index (χ4v) is 9.78. The van der Waals surface area contributed by atoms with E-state index in [4.69, 9.17) is 62.8 Å². The molecule has 14 N–H and O–H groups in total. The van der Waals surface area contributed by atoms with E-state index in [-0.39, 0.29) is 66.4 Å². The van der Waals surface area contributed by atoms with Gasteiger partial charge in [-0.3, -0.25) is 20.2 Å². The van der Waals surface area contributed by atoms with Gasteiger partial charge in [-0.15, -0.1) is 0 Å². The summed E-state index contributed by atoms with van der Waals surface area (Å²) in [6, 6.07) is 19.0. The van der Waals surface area contributed by atoms with E-state index >= 15 is 0 Å². The number of nitrogens with two attached hydrogens (primary N) is 6. The van der Waals surface area contributed by atoms with Crippen molar-refractivity contribution < 1.29 is 38.6 Å². The van der Waals surface area contributed by atoms with E-state index in [1.54, 1.807) is 55.4 Å². The Bertz CT molecular complexity index is 4370. The van der Waals surface area contributed by atoms with E-state index in [0.717, 1.165) is 61.6 Å². The van der Waals surface area contributed by atoms with Gasteiger partial charge in [0.1, 0.15) is 23.8 Å². The van der Waals surface area contributed by atoms with Crippen molar-refractivity contribution in [2.24, 2.45) is 0 Å². The molecule has 0 aliphatic carbocycles. The van der Waals surface area contributed by atoms with E-state index < -0.39 is 11.6 Å². The molecule has 0 saturated carbocycles. The highest BCUT2D eigenvalue weighted by atomic mass is 17.0. The van der Waals surface area contributed by atoms with Crippen molar-refractivity contribution in [3.63, 3.8) is 0 Å². The van der Waals surface area contributed by atoms with E-state index in [9.17, 15) is 10.2 Å². The molecule has 24 nitrogen and oxygen atoms in total. The number of nitrogen functional groups attached to an aromatic ring is 6. The minimum atomic E-state index is -2.73. The summed E-state index contributed by atoms with van der Waals surface area (Å²) >= 11 is 0. The molecule has 12 rings (SSSR count). The second-order valence-corrected chi connectivity index (χ2v) is 21.1. The van der Waals surface area contributed by atoms with Gasteiger partial charge in [0.05, 0.1) is 39.2 Å². The molecule has 456 valence electrons. The van der Waals surface area contributed by atoms with Gasteiger partial charge in [0.2, 0.25) is 31.4 Å². The summed E-state index contributed by atoms with van der Waals surface area (Å²) in [6.45, 7) is 14.3. The predicted molar refractivity (Wildman–Crippen MR) is 339 cm³/mol. The number of aryl methyl sites for hydroxylation is 3. The van der Waals surface area contributed by atoms with Gasteiger partial charge in [-0.2, -0.15) is 15.0 Å². The van der Waals surface area contributed by atoms with Gasteiger partial charge >= 0.3 is 6.16 Å². The fourth-order valence-electron chi connectivity index (χ4n) is 9.78. The molecule has 3 aliphatic rings. The van der Waals surface area contributed by atoms with Crippen molar-refractivity contribution in [2.75, 3.05) is 48.0 Å². The van der Waals surface area contributed by atoms with E-state index in [0.29, 0.717) is 70.3 Å². The Kier molecular flexibility index (Phi) is 17.9. The maximum absolute atomic E-state index is 9.81. The second-order valence-electron chi connectivity index (χ2n) is 21.1. The number of benzene rings is 3. The van der Waals surface area contributed by atoms with Gasteiger partial charge in [-0.1, -0.05) is 56.3 Å². The van der Waals surface area contributed by atoms with E-state index in [1.165, 1.54) is 6.33 Å². The largest absolute Gasteiger partial charge is 0.505 e. The zero-order chi connectivity index (χ0) is 63.9. The summed E-state index contributed by atoms with van der Waals surface area (Å²) in [5, 5.41) is 19.6. The maximum atomic E-state index is 9.81. The van der Waals surface area contributed by atoms with Crippen LogP contribution in [0.3, 0.4) is 0 Å². The van der Waals surface area contributed by atoms with Crippen LogP contribution in [0, 0.1) is 35.5 Å². The lowest BCUT2D eigenvalue weighted by Crippen LogP contribution is -2.37. The van der Waals surface area contributed by atoms with Crippen LogP contribution in [-0.4, -0.2) is 79.8 Å². The van der Waals surface area contributed by atoms with Gasteiger partial charge in [0, 0.05) is 71.3 Å². The molecule has 0 fully saturated rings. The van der Waals surface area contributed by atoms with Crippen LogP contribution in [0.15, 0.2) is 104 Å². The highest BCUT2D eigenvalue weighted by Gasteiger charge is 2.40. The number of aliphatic hydroxyl groups is 2. The summed E-state index contributed by atoms with van der Waals surface area (Å²) < 4.78 is 33.0. The quantitative estimate of drug-likeness (QED) is 0.0508. The standard InChI is InChI=1S/C22H22N6O2.C22H21N5O4.C22H21N5O2/c1-4-17-15(20(23)28-21(24)27-17)5-6-22(2,3)14-7-16(13-9-25-11-26-10-13)19-18(8-14)29-12-30-19;1-3-17-15(20(23)27-21(24)26-17)5-4-12(2)14-10-16(13-6-8-25-9-7-13)19-18(11-14)30-22(28,29)31-19;1-3-18-16(21(23)27-22(24)26-18)5-4-13(2)15-10-17(14-6-8-25-9-7-14)20-19(11-15)28-12-29-20/h7-11H,4,12H2,1-3H3,(H4,23,24,27,28);6-12,28-29H,3H2,1-2H3,(H4,23,24,26,27);6-11,13H,3,12H2,1-2H3,(H4,23,24,26,27). The minimum absolute atomic E-state index is 0.0771. The lowest BCUT2D eigenvalue weighted by molar-refractivity contribution is -0.385. The first-order chi connectivity index (χ1) is 43.2. The summed E-state index contributed by atoms with van der Waals surface area (Å²) in [5.74, 6) is 23.3. The van der Waals surface area contributed by atoms with Crippen LogP contribution in [-0.2, 0) is 24.7 Å². The monoisotopic (exact) mass is 1210 g/mol. The molecule has 24 heteroatoms. The molecule has 0 spiro atoms. The number of pyridine rings is 2. The number of hydrogen-bond donors (Lipinski definition) is 8. The number of fused-ring (bicyclic) bond motifs is 3. The third-order valence-corrected chi connectivity index (χ3v) is 14.5. The maximum Gasteiger partial charge on any atom is 0.505 e. The van der Waals surface area contributed by atoms with Crippen molar-refractivity contribution in [3.05, 3.63) is 155 Å². The topological polar surface area (TPSA) is 381 Å². The van der Waals surface area contributed by atoms with Crippen LogP contribution < -0.4 is 62.8 Å². The van der Waals surface area contributed by atoms with Gasteiger partial charge in [-0.25, -0.2) is 24.9 Å². The first-order valence-corrected chi connectivity index (χ1v) is 28.5. The second kappa shape index (κ2) is 26.2. The number of hydrogen-bond acceptors (Lipinski definition) is 24. The zero-order valence-electron chi connectivity index (χ0n) is 50.3. The molecule has 90 heavy (non-hydrogen) atoms. The molecule has 3 aromatic carbocycles. The number of ether oxygens (including phenoxy) is 6. The molecule has 0 saturated heterocycles. The molecule has 2 atom stereocenters. The number of nitrogens with zero attached hydrogens (tertiary/aromatic N) is 10. The van der Waals surface area contributed by atoms with Crippen molar-refractivity contribution >= 4 is 35.3 Å². The Hall–Kier alpha value is -11.5. The van der Waals surface area contributed by atoms with Crippen LogP contribution >= 0.6 is 0 Å². The number of rotatable bonds is 9. The first-order valence-electron chi connectivity index (χ1n) is 28.5. The van der Waals surface area contributed by atoms with Crippen LogP contribution in [0.4, 0.5) is 35.3 Å². The van der Waals surface area contributed by atoms with Crippen molar-refractivity contribution in [2.45, 2.75) is 91.1 Å². The zero-order valence-corrected chi connectivity index (χ0v) is 50.3. The van der Waals surface area contributed by atoms with Crippen LogP contribution in [0.2, 0.25) is 0 Å². The smallest absolute Gasteiger partial charge is 0.454 e.